The number of hydrogen-bond donors (Lipinski definition) is 1. The van der Waals surface area contributed by atoms with Crippen LogP contribution in [0.4, 0.5) is 13.2 Å². The van der Waals surface area contributed by atoms with Crippen LogP contribution in [0.5, 0.6) is 0 Å². The minimum absolute atomic E-state index is 0.0140. The van der Waals surface area contributed by atoms with Gasteiger partial charge in [-0.1, -0.05) is 28.1 Å². The summed E-state index contributed by atoms with van der Waals surface area (Å²) in [5, 5.41) is 2.95. The molecule has 0 fully saturated rings. The summed E-state index contributed by atoms with van der Waals surface area (Å²) < 4.78 is 39.7. The average Bonchev–Trinajstić information content (AvgIpc) is 2.24. The summed E-state index contributed by atoms with van der Waals surface area (Å²) in [5.74, 6) is 0. The molecule has 0 radical (unpaired) electrons. The van der Waals surface area contributed by atoms with Gasteiger partial charge in [0.2, 0.25) is 0 Å². The summed E-state index contributed by atoms with van der Waals surface area (Å²) >= 11 is 3.31. The molecule has 0 saturated carbocycles. The Balaban J connectivity index is 2.30. The highest BCUT2D eigenvalue weighted by Crippen LogP contribution is 2.17. The number of alkyl halides is 3. The average molecular weight is 312 g/mol. The van der Waals surface area contributed by atoms with Gasteiger partial charge in [-0.15, -0.1) is 13.2 Å². The molecule has 6 heteroatoms. The topological polar surface area (TPSA) is 21.3 Å². The number of hydrogen-bond acceptors (Lipinski definition) is 2. The van der Waals surface area contributed by atoms with Crippen molar-refractivity contribution in [3.63, 3.8) is 0 Å². The summed E-state index contributed by atoms with van der Waals surface area (Å²) in [5.41, 5.74) is 1.01. The molecule has 0 aromatic heterocycles. The van der Waals surface area contributed by atoms with E-state index < -0.39 is 6.36 Å². The van der Waals surface area contributed by atoms with Crippen LogP contribution in [-0.2, 0) is 4.74 Å². The Hall–Kier alpha value is -0.590. The van der Waals surface area contributed by atoms with E-state index in [-0.39, 0.29) is 19.2 Å². The smallest absolute Gasteiger partial charge is 0.308 e. The minimum atomic E-state index is -4.55. The standard InChI is InChI=1S/C11H13BrF3NO/c1-8(9-2-4-10(12)5-3-9)16-6-7-17-11(13,14)15/h2-5,8,16H,6-7H2,1H3. The van der Waals surface area contributed by atoms with Crippen molar-refractivity contribution in [3.05, 3.63) is 34.3 Å². The fraction of sp³-hybridized carbons (Fsp3) is 0.455. The fourth-order valence-electron chi connectivity index (χ4n) is 1.31. The molecule has 0 spiro atoms. The second-order valence-electron chi connectivity index (χ2n) is 3.52. The van der Waals surface area contributed by atoms with E-state index in [0.29, 0.717) is 0 Å². The first kappa shape index (κ1) is 14.5. The first-order valence-electron chi connectivity index (χ1n) is 5.08. The van der Waals surface area contributed by atoms with Crippen molar-refractivity contribution in [1.82, 2.24) is 5.32 Å². The van der Waals surface area contributed by atoms with Crippen LogP contribution in [0.15, 0.2) is 28.7 Å². The molecule has 1 atom stereocenters. The third kappa shape index (κ3) is 6.05. The van der Waals surface area contributed by atoms with E-state index in [1.165, 1.54) is 0 Å². The second kappa shape index (κ2) is 6.37. The van der Waals surface area contributed by atoms with Gasteiger partial charge >= 0.3 is 6.36 Å². The Labute approximate surface area is 106 Å². The van der Waals surface area contributed by atoms with Crippen molar-refractivity contribution >= 4 is 15.9 Å². The summed E-state index contributed by atoms with van der Waals surface area (Å²) in [6, 6.07) is 7.58. The van der Waals surface area contributed by atoms with Crippen molar-refractivity contribution in [3.8, 4) is 0 Å². The first-order chi connectivity index (χ1) is 7.88. The maximum Gasteiger partial charge on any atom is 0.522 e. The highest BCUT2D eigenvalue weighted by molar-refractivity contribution is 9.10. The number of ether oxygens (including phenoxy) is 1. The Kier molecular flexibility index (Phi) is 5.42. The number of benzene rings is 1. The molecule has 17 heavy (non-hydrogen) atoms. The Bertz CT molecular complexity index is 340. The lowest BCUT2D eigenvalue weighted by Gasteiger charge is -2.15. The Morgan fingerprint density at radius 3 is 2.41 bits per heavy atom. The zero-order valence-electron chi connectivity index (χ0n) is 9.22. The van der Waals surface area contributed by atoms with E-state index in [0.717, 1.165) is 10.0 Å². The van der Waals surface area contributed by atoms with Crippen LogP contribution < -0.4 is 5.32 Å². The zero-order chi connectivity index (χ0) is 12.9. The van der Waals surface area contributed by atoms with Crippen LogP contribution in [0.1, 0.15) is 18.5 Å². The molecule has 0 amide bonds. The van der Waals surface area contributed by atoms with Crippen molar-refractivity contribution < 1.29 is 17.9 Å². The maximum absolute atomic E-state index is 11.7. The van der Waals surface area contributed by atoms with Crippen LogP contribution in [0, 0.1) is 0 Å². The predicted molar refractivity (Wildman–Crippen MR) is 62.6 cm³/mol. The van der Waals surface area contributed by atoms with Crippen LogP contribution in [-0.4, -0.2) is 19.5 Å². The predicted octanol–water partition coefficient (Wildman–Crippen LogP) is 3.64. The SMILES string of the molecule is CC(NCCOC(F)(F)F)c1ccc(Br)cc1. The van der Waals surface area contributed by atoms with Gasteiger partial charge in [0, 0.05) is 17.1 Å². The molecule has 1 unspecified atom stereocenters. The third-order valence-corrected chi connectivity index (χ3v) is 2.72. The summed E-state index contributed by atoms with van der Waals surface area (Å²) in [6.45, 7) is 1.65. The lowest BCUT2D eigenvalue weighted by Crippen LogP contribution is -2.26. The molecule has 1 aromatic rings. The van der Waals surface area contributed by atoms with E-state index in [2.05, 4.69) is 26.0 Å². The molecule has 0 aliphatic rings. The Morgan fingerprint density at radius 1 is 1.29 bits per heavy atom. The zero-order valence-corrected chi connectivity index (χ0v) is 10.8. The Morgan fingerprint density at radius 2 is 1.88 bits per heavy atom. The van der Waals surface area contributed by atoms with Crippen LogP contribution >= 0.6 is 15.9 Å². The molecule has 96 valence electrons. The number of rotatable bonds is 5. The molecule has 1 rings (SSSR count). The lowest BCUT2D eigenvalue weighted by molar-refractivity contribution is -0.323. The van der Waals surface area contributed by atoms with Gasteiger partial charge in [0.15, 0.2) is 0 Å². The normalized spacial score (nSPS) is 13.7. The third-order valence-electron chi connectivity index (χ3n) is 2.19. The van der Waals surface area contributed by atoms with Crippen molar-refractivity contribution in [2.45, 2.75) is 19.3 Å². The van der Waals surface area contributed by atoms with E-state index in [1.807, 2.05) is 31.2 Å². The monoisotopic (exact) mass is 311 g/mol. The van der Waals surface area contributed by atoms with Crippen LogP contribution in [0.3, 0.4) is 0 Å². The molecule has 0 aliphatic heterocycles. The largest absolute Gasteiger partial charge is 0.522 e. The molecular weight excluding hydrogens is 299 g/mol. The summed E-state index contributed by atoms with van der Waals surface area (Å²) in [4.78, 5) is 0. The molecule has 0 bridgehead atoms. The molecule has 2 nitrogen and oxygen atoms in total. The molecular formula is C11H13BrF3NO. The van der Waals surface area contributed by atoms with Gasteiger partial charge < -0.3 is 5.32 Å². The van der Waals surface area contributed by atoms with E-state index in [1.54, 1.807) is 0 Å². The molecule has 0 aliphatic carbocycles. The van der Waals surface area contributed by atoms with E-state index in [9.17, 15) is 13.2 Å². The number of halogens is 4. The fourth-order valence-corrected chi connectivity index (χ4v) is 1.58. The minimum Gasteiger partial charge on any atom is -0.308 e. The first-order valence-corrected chi connectivity index (χ1v) is 5.87. The van der Waals surface area contributed by atoms with Gasteiger partial charge in [-0.25, -0.2) is 0 Å². The summed E-state index contributed by atoms with van der Waals surface area (Å²) in [6.07, 6.45) is -4.55. The van der Waals surface area contributed by atoms with Gasteiger partial charge in [0.25, 0.3) is 0 Å². The number of nitrogens with one attached hydrogen (secondary N) is 1. The van der Waals surface area contributed by atoms with Crippen molar-refractivity contribution in [1.29, 1.82) is 0 Å². The molecule has 0 heterocycles. The van der Waals surface area contributed by atoms with Gasteiger partial charge in [0.05, 0.1) is 6.61 Å². The lowest BCUT2D eigenvalue weighted by atomic mass is 10.1. The maximum atomic E-state index is 11.7. The van der Waals surface area contributed by atoms with E-state index >= 15 is 0 Å². The van der Waals surface area contributed by atoms with Gasteiger partial charge in [-0.2, -0.15) is 0 Å². The van der Waals surface area contributed by atoms with Gasteiger partial charge in [-0.05, 0) is 24.6 Å². The van der Waals surface area contributed by atoms with Gasteiger partial charge in [0.1, 0.15) is 0 Å². The molecule has 0 saturated heterocycles. The molecule has 1 N–H and O–H groups in total. The highest BCUT2D eigenvalue weighted by atomic mass is 79.9. The van der Waals surface area contributed by atoms with Crippen molar-refractivity contribution in [2.24, 2.45) is 0 Å². The second-order valence-corrected chi connectivity index (χ2v) is 4.44. The quantitative estimate of drug-likeness (QED) is 0.838. The molecule has 1 aromatic carbocycles. The van der Waals surface area contributed by atoms with Crippen LogP contribution in [0.2, 0.25) is 0 Å². The van der Waals surface area contributed by atoms with Gasteiger partial charge in [-0.3, -0.25) is 4.74 Å². The van der Waals surface area contributed by atoms with Crippen LogP contribution in [0.25, 0.3) is 0 Å². The van der Waals surface area contributed by atoms with E-state index in [4.69, 9.17) is 0 Å². The van der Waals surface area contributed by atoms with Crippen molar-refractivity contribution in [2.75, 3.05) is 13.2 Å². The highest BCUT2D eigenvalue weighted by Gasteiger charge is 2.28. The summed E-state index contributed by atoms with van der Waals surface area (Å²) in [7, 11) is 0.